The van der Waals surface area contributed by atoms with Crippen molar-refractivity contribution < 1.29 is 19.0 Å². The third-order valence-electron chi connectivity index (χ3n) is 4.74. The van der Waals surface area contributed by atoms with E-state index in [9.17, 15) is 4.79 Å². The summed E-state index contributed by atoms with van der Waals surface area (Å²) < 4.78 is 16.9. The molecule has 0 spiro atoms. The highest BCUT2D eigenvalue weighted by molar-refractivity contribution is 6.32. The van der Waals surface area contributed by atoms with Gasteiger partial charge in [-0.25, -0.2) is 10.2 Å². The summed E-state index contributed by atoms with van der Waals surface area (Å²) in [6.45, 7) is 4.74. The summed E-state index contributed by atoms with van der Waals surface area (Å²) in [6, 6.07) is 17.9. The number of anilines is 1. The van der Waals surface area contributed by atoms with E-state index in [4.69, 9.17) is 25.8 Å². The van der Waals surface area contributed by atoms with E-state index in [1.54, 1.807) is 24.3 Å². The molecule has 0 bridgehead atoms. The van der Waals surface area contributed by atoms with Crippen LogP contribution in [-0.2, 0) is 0 Å². The molecule has 8 heteroatoms. The van der Waals surface area contributed by atoms with Gasteiger partial charge in [-0.15, -0.1) is 0 Å². The number of ether oxygens (including phenoxy) is 3. The molecule has 33 heavy (non-hydrogen) atoms. The lowest BCUT2D eigenvalue weighted by atomic mass is 10.1. The van der Waals surface area contributed by atoms with Gasteiger partial charge in [0.1, 0.15) is 19.0 Å². The zero-order valence-corrected chi connectivity index (χ0v) is 19.5. The molecular formula is C25H26ClN3O4. The van der Waals surface area contributed by atoms with Crippen LogP contribution in [0.4, 0.5) is 10.5 Å². The first kappa shape index (κ1) is 23.9. The molecule has 0 aliphatic carbocycles. The topological polar surface area (TPSA) is 81.2 Å². The van der Waals surface area contributed by atoms with Crippen molar-refractivity contribution in [2.75, 3.05) is 25.6 Å². The number of halogens is 1. The van der Waals surface area contributed by atoms with E-state index < -0.39 is 6.03 Å². The van der Waals surface area contributed by atoms with Crippen LogP contribution in [0, 0.1) is 13.8 Å². The zero-order valence-electron chi connectivity index (χ0n) is 18.7. The number of nitrogens with one attached hydrogen (secondary N) is 2. The number of para-hydroxylation sites is 1. The van der Waals surface area contributed by atoms with Gasteiger partial charge in [0.25, 0.3) is 0 Å². The lowest BCUT2D eigenvalue weighted by Gasteiger charge is -2.14. The summed E-state index contributed by atoms with van der Waals surface area (Å²) in [4.78, 5) is 11.9. The third kappa shape index (κ3) is 7.15. The Balaban J connectivity index is 1.54. The Labute approximate surface area is 198 Å². The number of nitrogens with zero attached hydrogens (tertiary/aromatic N) is 1. The first-order valence-electron chi connectivity index (χ1n) is 10.3. The first-order chi connectivity index (χ1) is 16.0. The SMILES string of the molecule is COc1cc(/C=N/NC(=O)Nc2ccccc2)cc(Cl)c1OCCOc1ccc(C)c(C)c1. The molecule has 0 aliphatic heterocycles. The number of urea groups is 1. The van der Waals surface area contributed by atoms with Gasteiger partial charge in [-0.2, -0.15) is 5.10 Å². The minimum atomic E-state index is -0.459. The smallest absolute Gasteiger partial charge is 0.339 e. The summed E-state index contributed by atoms with van der Waals surface area (Å²) in [6.07, 6.45) is 1.46. The van der Waals surface area contributed by atoms with Gasteiger partial charge in [0.2, 0.25) is 0 Å². The molecule has 0 fully saturated rings. The number of hydrogen-bond donors (Lipinski definition) is 2. The van der Waals surface area contributed by atoms with Crippen molar-refractivity contribution in [1.29, 1.82) is 0 Å². The predicted molar refractivity (Wildman–Crippen MR) is 131 cm³/mol. The van der Waals surface area contributed by atoms with Crippen molar-refractivity contribution in [2.45, 2.75) is 13.8 Å². The number of aryl methyl sites for hydroxylation is 2. The van der Waals surface area contributed by atoms with Crippen LogP contribution in [0.25, 0.3) is 0 Å². The molecule has 0 unspecified atom stereocenters. The minimum absolute atomic E-state index is 0.289. The van der Waals surface area contributed by atoms with Crippen LogP contribution in [0.2, 0.25) is 5.02 Å². The molecule has 0 radical (unpaired) electrons. The maximum atomic E-state index is 11.9. The van der Waals surface area contributed by atoms with E-state index in [1.807, 2.05) is 43.3 Å². The van der Waals surface area contributed by atoms with Gasteiger partial charge in [0.15, 0.2) is 11.5 Å². The third-order valence-corrected chi connectivity index (χ3v) is 5.02. The number of carbonyl (C=O) groups excluding carboxylic acids is 1. The van der Waals surface area contributed by atoms with E-state index in [0.717, 1.165) is 5.75 Å². The second-order valence-electron chi connectivity index (χ2n) is 7.17. The Morgan fingerprint density at radius 2 is 1.76 bits per heavy atom. The second-order valence-corrected chi connectivity index (χ2v) is 7.57. The molecule has 0 atom stereocenters. The van der Waals surface area contributed by atoms with Gasteiger partial charge >= 0.3 is 6.03 Å². The molecule has 7 nitrogen and oxygen atoms in total. The number of rotatable bonds is 9. The second kappa shape index (κ2) is 11.8. The predicted octanol–water partition coefficient (Wildman–Crippen LogP) is 5.58. The minimum Gasteiger partial charge on any atom is -0.493 e. The average molecular weight is 468 g/mol. The largest absolute Gasteiger partial charge is 0.493 e. The number of carbonyl (C=O) groups is 1. The molecular weight excluding hydrogens is 442 g/mol. The molecule has 3 aromatic rings. The summed E-state index contributed by atoms with van der Waals surface area (Å²) in [5.74, 6) is 1.65. The summed E-state index contributed by atoms with van der Waals surface area (Å²) >= 11 is 6.39. The summed E-state index contributed by atoms with van der Waals surface area (Å²) in [5.41, 5.74) is 6.09. The molecule has 0 saturated carbocycles. The standard InChI is InChI=1S/C25H26ClN3O4/c1-17-9-10-21(13-18(17)2)32-11-12-33-24-22(26)14-19(15-23(24)31-3)16-27-29-25(30)28-20-7-5-4-6-8-20/h4-10,13-16H,11-12H2,1-3H3,(H2,28,29,30)/b27-16+. The summed E-state index contributed by atoms with van der Waals surface area (Å²) in [5, 5.41) is 6.97. The molecule has 172 valence electrons. The van der Waals surface area contributed by atoms with Crippen LogP contribution in [0.15, 0.2) is 65.8 Å². The number of hydrazone groups is 1. The fraction of sp³-hybridized carbons (Fsp3) is 0.200. The van der Waals surface area contributed by atoms with Crippen molar-refractivity contribution in [3.8, 4) is 17.2 Å². The molecule has 0 aromatic heterocycles. The van der Waals surface area contributed by atoms with Crippen LogP contribution < -0.4 is 25.0 Å². The molecule has 0 heterocycles. The van der Waals surface area contributed by atoms with Crippen LogP contribution in [0.3, 0.4) is 0 Å². The molecule has 0 saturated heterocycles. The van der Waals surface area contributed by atoms with E-state index in [0.29, 0.717) is 34.4 Å². The van der Waals surface area contributed by atoms with Crippen LogP contribution in [-0.4, -0.2) is 32.6 Å². The zero-order chi connectivity index (χ0) is 23.6. The fourth-order valence-corrected chi connectivity index (χ4v) is 3.18. The quantitative estimate of drug-likeness (QED) is 0.244. The molecule has 0 aliphatic rings. The fourth-order valence-electron chi connectivity index (χ4n) is 2.91. The van der Waals surface area contributed by atoms with Crippen molar-refractivity contribution in [1.82, 2.24) is 5.43 Å². The highest BCUT2D eigenvalue weighted by Crippen LogP contribution is 2.36. The molecule has 2 N–H and O–H groups in total. The van der Waals surface area contributed by atoms with Crippen molar-refractivity contribution in [3.63, 3.8) is 0 Å². The van der Waals surface area contributed by atoms with Crippen LogP contribution >= 0.6 is 11.6 Å². The van der Waals surface area contributed by atoms with E-state index in [-0.39, 0.29) is 6.61 Å². The van der Waals surface area contributed by atoms with Gasteiger partial charge in [-0.05, 0) is 66.9 Å². The maximum Gasteiger partial charge on any atom is 0.339 e. The maximum absolute atomic E-state index is 11.9. The monoisotopic (exact) mass is 467 g/mol. The van der Waals surface area contributed by atoms with E-state index in [2.05, 4.69) is 22.8 Å². The highest BCUT2D eigenvalue weighted by Gasteiger charge is 2.12. The van der Waals surface area contributed by atoms with Gasteiger partial charge in [-0.1, -0.05) is 35.9 Å². The van der Waals surface area contributed by atoms with Gasteiger partial charge in [0.05, 0.1) is 18.3 Å². The van der Waals surface area contributed by atoms with Crippen LogP contribution in [0.5, 0.6) is 17.2 Å². The Kier molecular flexibility index (Phi) is 8.55. The van der Waals surface area contributed by atoms with Crippen LogP contribution in [0.1, 0.15) is 16.7 Å². The number of hydrogen-bond acceptors (Lipinski definition) is 5. The van der Waals surface area contributed by atoms with Gasteiger partial charge in [-0.3, -0.25) is 0 Å². The van der Waals surface area contributed by atoms with Crippen molar-refractivity contribution in [3.05, 3.63) is 82.4 Å². The van der Waals surface area contributed by atoms with Gasteiger partial charge in [0, 0.05) is 5.69 Å². The average Bonchev–Trinajstić information content (AvgIpc) is 2.80. The Morgan fingerprint density at radius 3 is 2.48 bits per heavy atom. The first-order valence-corrected chi connectivity index (χ1v) is 10.7. The highest BCUT2D eigenvalue weighted by atomic mass is 35.5. The molecule has 3 aromatic carbocycles. The van der Waals surface area contributed by atoms with Gasteiger partial charge < -0.3 is 19.5 Å². The van der Waals surface area contributed by atoms with E-state index in [1.165, 1.54) is 24.5 Å². The van der Waals surface area contributed by atoms with E-state index >= 15 is 0 Å². The number of amides is 2. The summed E-state index contributed by atoms with van der Waals surface area (Å²) in [7, 11) is 1.52. The Hall–Kier alpha value is -3.71. The lowest BCUT2D eigenvalue weighted by molar-refractivity contribution is 0.211. The lowest BCUT2D eigenvalue weighted by Crippen LogP contribution is -2.24. The number of benzene rings is 3. The molecule has 3 rings (SSSR count). The van der Waals surface area contributed by atoms with Crippen molar-refractivity contribution >= 4 is 29.5 Å². The Bertz CT molecular complexity index is 1120. The Morgan fingerprint density at radius 1 is 1.00 bits per heavy atom. The van der Waals surface area contributed by atoms with Crippen molar-refractivity contribution in [2.24, 2.45) is 5.10 Å². The molecule has 2 amide bonds. The normalized spacial score (nSPS) is 10.7. The number of methoxy groups -OCH3 is 1.